The fourth-order valence-corrected chi connectivity index (χ4v) is 4.45. The second-order valence-electron chi connectivity index (χ2n) is 8.79. The third kappa shape index (κ3) is 5.11. The van der Waals surface area contributed by atoms with E-state index in [1.54, 1.807) is 14.2 Å². The lowest BCUT2D eigenvalue weighted by molar-refractivity contribution is 0.196. The van der Waals surface area contributed by atoms with Crippen LogP contribution in [0, 0.1) is 5.92 Å². The van der Waals surface area contributed by atoms with Gasteiger partial charge in [-0.25, -0.2) is 4.68 Å². The van der Waals surface area contributed by atoms with Gasteiger partial charge in [0.1, 0.15) is 6.04 Å². The van der Waals surface area contributed by atoms with Crippen molar-refractivity contribution in [3.8, 4) is 11.5 Å². The second-order valence-corrected chi connectivity index (χ2v) is 8.79. The lowest BCUT2D eigenvalue weighted by atomic mass is 10.0. The minimum Gasteiger partial charge on any atom is -0.493 e. The van der Waals surface area contributed by atoms with Crippen LogP contribution in [0.2, 0.25) is 0 Å². The van der Waals surface area contributed by atoms with Crippen molar-refractivity contribution in [3.05, 3.63) is 59.9 Å². The van der Waals surface area contributed by atoms with Gasteiger partial charge in [0.15, 0.2) is 17.3 Å². The van der Waals surface area contributed by atoms with E-state index >= 15 is 0 Å². The van der Waals surface area contributed by atoms with Crippen molar-refractivity contribution in [1.29, 1.82) is 0 Å². The Morgan fingerprint density at radius 3 is 2.33 bits per heavy atom. The first kappa shape index (κ1) is 23.0. The Balaban J connectivity index is 1.67. The summed E-state index contributed by atoms with van der Waals surface area (Å²) < 4.78 is 13.4. The average Bonchev–Trinajstić information content (AvgIpc) is 3.31. The van der Waals surface area contributed by atoms with Gasteiger partial charge in [0, 0.05) is 44.0 Å². The molecule has 1 aromatic heterocycles. The van der Waals surface area contributed by atoms with Gasteiger partial charge in [-0.05, 0) is 41.0 Å². The SMILES string of the molecule is COc1cccc([C@@H](c2nnnn2CCC(C)C)N2CCN(c3ccccc3)CC2)c1OC. The quantitative estimate of drug-likeness (QED) is 0.493. The van der Waals surface area contributed by atoms with E-state index in [9.17, 15) is 0 Å². The van der Waals surface area contributed by atoms with E-state index in [0.29, 0.717) is 11.7 Å². The molecular formula is C25H34N6O2. The van der Waals surface area contributed by atoms with Gasteiger partial charge in [-0.1, -0.05) is 44.2 Å². The van der Waals surface area contributed by atoms with E-state index in [-0.39, 0.29) is 6.04 Å². The molecule has 0 aliphatic carbocycles. The minimum atomic E-state index is -0.130. The zero-order valence-corrected chi connectivity index (χ0v) is 20.0. The minimum absolute atomic E-state index is 0.130. The van der Waals surface area contributed by atoms with Crippen molar-refractivity contribution in [2.24, 2.45) is 5.92 Å². The maximum absolute atomic E-state index is 5.83. The van der Waals surface area contributed by atoms with E-state index in [4.69, 9.17) is 9.47 Å². The van der Waals surface area contributed by atoms with Gasteiger partial charge in [0.05, 0.1) is 14.2 Å². The number of rotatable bonds is 9. The molecule has 176 valence electrons. The van der Waals surface area contributed by atoms with Gasteiger partial charge in [-0.3, -0.25) is 4.90 Å². The van der Waals surface area contributed by atoms with Crippen LogP contribution < -0.4 is 14.4 Å². The molecule has 0 bridgehead atoms. The van der Waals surface area contributed by atoms with Crippen molar-refractivity contribution in [2.45, 2.75) is 32.9 Å². The van der Waals surface area contributed by atoms with Gasteiger partial charge < -0.3 is 14.4 Å². The smallest absolute Gasteiger partial charge is 0.173 e. The summed E-state index contributed by atoms with van der Waals surface area (Å²) >= 11 is 0. The zero-order chi connectivity index (χ0) is 23.2. The lowest BCUT2D eigenvalue weighted by Gasteiger charge is -2.40. The summed E-state index contributed by atoms with van der Waals surface area (Å²) in [6, 6.07) is 16.5. The molecule has 1 fully saturated rings. The van der Waals surface area contributed by atoms with Crippen molar-refractivity contribution in [3.63, 3.8) is 0 Å². The van der Waals surface area contributed by atoms with E-state index in [1.807, 2.05) is 16.8 Å². The fraction of sp³-hybridized carbons (Fsp3) is 0.480. The third-order valence-electron chi connectivity index (χ3n) is 6.25. The van der Waals surface area contributed by atoms with Crippen LogP contribution in [0.15, 0.2) is 48.5 Å². The number of anilines is 1. The first-order valence-electron chi connectivity index (χ1n) is 11.6. The topological polar surface area (TPSA) is 68.5 Å². The molecule has 1 saturated heterocycles. The highest BCUT2D eigenvalue weighted by Gasteiger charge is 2.33. The highest BCUT2D eigenvalue weighted by atomic mass is 16.5. The highest BCUT2D eigenvalue weighted by Crippen LogP contribution is 2.40. The van der Waals surface area contributed by atoms with Crippen LogP contribution in [0.1, 0.15) is 37.7 Å². The number of piperazine rings is 1. The van der Waals surface area contributed by atoms with Crippen LogP contribution >= 0.6 is 0 Å². The Labute approximate surface area is 196 Å². The molecule has 0 saturated carbocycles. The number of aromatic nitrogens is 4. The Morgan fingerprint density at radius 2 is 1.67 bits per heavy atom. The number of hydrogen-bond donors (Lipinski definition) is 0. The normalized spacial score (nSPS) is 15.6. The van der Waals surface area contributed by atoms with Crippen molar-refractivity contribution < 1.29 is 9.47 Å². The van der Waals surface area contributed by atoms with Crippen molar-refractivity contribution >= 4 is 5.69 Å². The molecule has 3 aromatic rings. The van der Waals surface area contributed by atoms with Crippen molar-refractivity contribution in [2.75, 3.05) is 45.3 Å². The van der Waals surface area contributed by atoms with Gasteiger partial charge in [0.2, 0.25) is 0 Å². The molecule has 8 heteroatoms. The number of tetrazole rings is 1. The molecule has 8 nitrogen and oxygen atoms in total. The van der Waals surface area contributed by atoms with E-state index in [1.165, 1.54) is 5.69 Å². The van der Waals surface area contributed by atoms with E-state index in [0.717, 1.165) is 56.3 Å². The summed E-state index contributed by atoms with van der Waals surface area (Å²) in [6.07, 6.45) is 1.02. The van der Waals surface area contributed by atoms with E-state index in [2.05, 4.69) is 75.6 Å². The molecule has 0 amide bonds. The van der Waals surface area contributed by atoms with Crippen LogP contribution in [0.25, 0.3) is 0 Å². The summed E-state index contributed by atoms with van der Waals surface area (Å²) in [5, 5.41) is 12.9. The number of benzene rings is 2. The molecular weight excluding hydrogens is 416 g/mol. The number of nitrogens with zero attached hydrogens (tertiary/aromatic N) is 6. The van der Waals surface area contributed by atoms with Crippen molar-refractivity contribution in [1.82, 2.24) is 25.1 Å². The molecule has 0 N–H and O–H groups in total. The Kier molecular flexibility index (Phi) is 7.44. The second kappa shape index (κ2) is 10.7. The van der Waals surface area contributed by atoms with Crippen LogP contribution in [0.4, 0.5) is 5.69 Å². The van der Waals surface area contributed by atoms with Gasteiger partial charge >= 0.3 is 0 Å². The third-order valence-corrected chi connectivity index (χ3v) is 6.25. The highest BCUT2D eigenvalue weighted by molar-refractivity contribution is 5.50. The Morgan fingerprint density at radius 1 is 0.909 bits per heavy atom. The molecule has 2 aromatic carbocycles. The fourth-order valence-electron chi connectivity index (χ4n) is 4.45. The molecule has 0 radical (unpaired) electrons. The monoisotopic (exact) mass is 450 g/mol. The number of methoxy groups -OCH3 is 2. The molecule has 33 heavy (non-hydrogen) atoms. The van der Waals surface area contributed by atoms with Crippen LogP contribution in [0.3, 0.4) is 0 Å². The Hall–Kier alpha value is -3.13. The number of hydrogen-bond acceptors (Lipinski definition) is 7. The molecule has 1 atom stereocenters. The first-order chi connectivity index (χ1) is 16.1. The molecule has 1 aliphatic rings. The summed E-state index contributed by atoms with van der Waals surface area (Å²) in [6.45, 7) is 8.85. The molecule has 1 aliphatic heterocycles. The molecule has 0 unspecified atom stereocenters. The maximum atomic E-state index is 5.83. The van der Waals surface area contributed by atoms with Crippen LogP contribution in [-0.2, 0) is 6.54 Å². The average molecular weight is 451 g/mol. The van der Waals surface area contributed by atoms with E-state index < -0.39 is 0 Å². The number of para-hydroxylation sites is 2. The summed E-state index contributed by atoms with van der Waals surface area (Å²) in [7, 11) is 3.36. The zero-order valence-electron chi connectivity index (χ0n) is 20.0. The van der Waals surface area contributed by atoms with Gasteiger partial charge in [0.25, 0.3) is 0 Å². The van der Waals surface area contributed by atoms with Gasteiger partial charge in [-0.15, -0.1) is 5.10 Å². The summed E-state index contributed by atoms with van der Waals surface area (Å²) in [5.74, 6) is 2.86. The lowest BCUT2D eigenvalue weighted by Crippen LogP contribution is -2.48. The van der Waals surface area contributed by atoms with Crippen LogP contribution in [-0.4, -0.2) is 65.5 Å². The van der Waals surface area contributed by atoms with Crippen LogP contribution in [0.5, 0.6) is 11.5 Å². The predicted octanol–water partition coefficient (Wildman–Crippen LogP) is 3.65. The standard InChI is InChI=1S/C25H34N6O2/c1-19(2)13-14-31-25(26-27-28-31)23(21-11-8-12-22(32-3)24(21)33-4)30-17-15-29(16-18-30)20-9-6-5-7-10-20/h5-12,19,23H,13-18H2,1-4H3/t23-/m0/s1. The summed E-state index contributed by atoms with van der Waals surface area (Å²) in [5.41, 5.74) is 2.28. The van der Waals surface area contributed by atoms with Gasteiger partial charge in [-0.2, -0.15) is 0 Å². The molecule has 4 rings (SSSR count). The Bertz CT molecular complexity index is 1010. The molecule has 2 heterocycles. The largest absolute Gasteiger partial charge is 0.493 e. The number of ether oxygens (including phenoxy) is 2. The summed E-state index contributed by atoms with van der Waals surface area (Å²) in [4.78, 5) is 4.88. The maximum Gasteiger partial charge on any atom is 0.173 e. The first-order valence-corrected chi connectivity index (χ1v) is 11.6. The number of aryl methyl sites for hydroxylation is 1. The molecule has 0 spiro atoms. The predicted molar refractivity (Wildman–Crippen MR) is 129 cm³/mol.